The van der Waals surface area contributed by atoms with Crippen LogP contribution in [0.25, 0.3) is 0 Å². The van der Waals surface area contributed by atoms with E-state index in [2.05, 4.69) is 26.3 Å². The number of benzene rings is 1. The van der Waals surface area contributed by atoms with Gasteiger partial charge in [-0.05, 0) is 25.1 Å². The van der Waals surface area contributed by atoms with Crippen LogP contribution in [0.1, 0.15) is 21.6 Å². The summed E-state index contributed by atoms with van der Waals surface area (Å²) in [6.45, 7) is 2.40. The number of aryl methyl sites for hydroxylation is 1. The zero-order valence-corrected chi connectivity index (χ0v) is 12.4. The number of carbonyl (C=O) groups is 1. The summed E-state index contributed by atoms with van der Waals surface area (Å²) in [6, 6.07) is 5.20. The molecule has 3 N–H and O–H groups in total. The van der Waals surface area contributed by atoms with E-state index in [1.54, 1.807) is 29.1 Å². The predicted molar refractivity (Wildman–Crippen MR) is 77.7 cm³/mol. The van der Waals surface area contributed by atoms with Crippen molar-refractivity contribution in [2.24, 2.45) is 7.05 Å². The number of nitrogens with two attached hydrogens (primary N) is 1. The van der Waals surface area contributed by atoms with Gasteiger partial charge in [0.1, 0.15) is 0 Å². The second kappa shape index (κ2) is 5.44. The molecule has 5 nitrogen and oxygen atoms in total. The molecule has 0 fully saturated rings. The molecule has 1 amide bonds. The summed E-state index contributed by atoms with van der Waals surface area (Å²) in [7, 11) is 1.87. The minimum atomic E-state index is -0.187. The number of nitrogens with zero attached hydrogens (tertiary/aromatic N) is 2. The van der Waals surface area contributed by atoms with E-state index in [-0.39, 0.29) is 5.91 Å². The van der Waals surface area contributed by atoms with E-state index in [0.717, 1.165) is 15.7 Å². The first-order valence-electron chi connectivity index (χ1n) is 5.79. The van der Waals surface area contributed by atoms with Gasteiger partial charge in [0, 0.05) is 35.0 Å². The Balaban J connectivity index is 2.07. The van der Waals surface area contributed by atoms with Gasteiger partial charge < -0.3 is 11.1 Å². The highest BCUT2D eigenvalue weighted by Crippen LogP contribution is 2.18. The number of hydrogen-bond donors (Lipinski definition) is 2. The number of nitrogen functional groups attached to an aromatic ring is 1. The fourth-order valence-corrected chi connectivity index (χ4v) is 2.11. The standard InChI is InChI=1S/C13H15BrN4O/c1-8-9(7-17-18(8)2)6-16-13(19)11-4-3-10(14)5-12(11)15/h3-5,7H,6,15H2,1-2H3,(H,16,19). The molecule has 2 rings (SSSR count). The molecule has 19 heavy (non-hydrogen) atoms. The minimum Gasteiger partial charge on any atom is -0.398 e. The molecule has 0 saturated heterocycles. The maximum Gasteiger partial charge on any atom is 0.253 e. The maximum atomic E-state index is 12.0. The number of rotatable bonds is 3. The fourth-order valence-electron chi connectivity index (χ4n) is 1.73. The van der Waals surface area contributed by atoms with Gasteiger partial charge in [0.25, 0.3) is 5.91 Å². The second-order valence-corrected chi connectivity index (χ2v) is 5.21. The lowest BCUT2D eigenvalue weighted by Gasteiger charge is -2.07. The van der Waals surface area contributed by atoms with E-state index in [1.165, 1.54) is 0 Å². The van der Waals surface area contributed by atoms with Crippen LogP contribution in [0.4, 0.5) is 5.69 Å². The van der Waals surface area contributed by atoms with E-state index in [9.17, 15) is 4.79 Å². The monoisotopic (exact) mass is 322 g/mol. The second-order valence-electron chi connectivity index (χ2n) is 4.29. The topological polar surface area (TPSA) is 72.9 Å². The van der Waals surface area contributed by atoms with Crippen molar-refractivity contribution in [2.75, 3.05) is 5.73 Å². The van der Waals surface area contributed by atoms with E-state index in [0.29, 0.717) is 17.8 Å². The number of carbonyl (C=O) groups excluding carboxylic acids is 1. The number of aromatic nitrogens is 2. The largest absolute Gasteiger partial charge is 0.398 e. The van der Waals surface area contributed by atoms with Crippen LogP contribution in [0.15, 0.2) is 28.9 Å². The fraction of sp³-hybridized carbons (Fsp3) is 0.231. The predicted octanol–water partition coefficient (Wildman–Crippen LogP) is 2.00. The third-order valence-corrected chi connectivity index (χ3v) is 3.53. The third-order valence-electron chi connectivity index (χ3n) is 3.03. The molecule has 0 spiro atoms. The Kier molecular flexibility index (Phi) is 3.90. The van der Waals surface area contributed by atoms with Gasteiger partial charge in [-0.25, -0.2) is 0 Å². The zero-order chi connectivity index (χ0) is 14.0. The third kappa shape index (κ3) is 2.96. The maximum absolute atomic E-state index is 12.0. The van der Waals surface area contributed by atoms with Crippen LogP contribution < -0.4 is 11.1 Å². The van der Waals surface area contributed by atoms with Crippen LogP contribution in [0.2, 0.25) is 0 Å². The summed E-state index contributed by atoms with van der Waals surface area (Å²) in [5.74, 6) is -0.187. The van der Waals surface area contributed by atoms with Crippen molar-refractivity contribution in [1.29, 1.82) is 0 Å². The number of anilines is 1. The number of nitrogens with one attached hydrogen (secondary N) is 1. The molecule has 1 heterocycles. The SMILES string of the molecule is Cc1c(CNC(=O)c2ccc(Br)cc2N)cnn1C. The van der Waals surface area contributed by atoms with Crippen LogP contribution in [0, 0.1) is 6.92 Å². The lowest BCUT2D eigenvalue weighted by atomic mass is 10.1. The summed E-state index contributed by atoms with van der Waals surface area (Å²) in [5.41, 5.74) is 8.77. The van der Waals surface area contributed by atoms with E-state index in [1.807, 2.05) is 14.0 Å². The molecule has 0 atom stereocenters. The lowest BCUT2D eigenvalue weighted by Crippen LogP contribution is -2.24. The van der Waals surface area contributed by atoms with Crippen molar-refractivity contribution in [3.05, 3.63) is 45.7 Å². The highest BCUT2D eigenvalue weighted by molar-refractivity contribution is 9.10. The van der Waals surface area contributed by atoms with Crippen LogP contribution >= 0.6 is 15.9 Å². The quantitative estimate of drug-likeness (QED) is 0.849. The van der Waals surface area contributed by atoms with Gasteiger partial charge >= 0.3 is 0 Å². The molecule has 0 unspecified atom stereocenters. The van der Waals surface area contributed by atoms with Crippen molar-refractivity contribution < 1.29 is 4.79 Å². The number of hydrogen-bond acceptors (Lipinski definition) is 3. The van der Waals surface area contributed by atoms with Crippen molar-refractivity contribution in [3.8, 4) is 0 Å². The van der Waals surface area contributed by atoms with Crippen LogP contribution in [-0.4, -0.2) is 15.7 Å². The Hall–Kier alpha value is -1.82. The molecule has 0 aliphatic heterocycles. The molecule has 1 aromatic heterocycles. The van der Waals surface area contributed by atoms with Gasteiger partial charge in [-0.2, -0.15) is 5.10 Å². The number of amides is 1. The molecule has 0 saturated carbocycles. The van der Waals surface area contributed by atoms with Crippen molar-refractivity contribution in [3.63, 3.8) is 0 Å². The Morgan fingerprint density at radius 3 is 2.84 bits per heavy atom. The Morgan fingerprint density at radius 2 is 2.26 bits per heavy atom. The highest BCUT2D eigenvalue weighted by atomic mass is 79.9. The summed E-state index contributed by atoms with van der Waals surface area (Å²) < 4.78 is 2.62. The average Bonchev–Trinajstić information content (AvgIpc) is 2.67. The van der Waals surface area contributed by atoms with E-state index >= 15 is 0 Å². The van der Waals surface area contributed by atoms with Crippen LogP contribution in [0.5, 0.6) is 0 Å². The molecule has 6 heteroatoms. The molecule has 2 aromatic rings. The molecule has 0 aliphatic rings. The van der Waals surface area contributed by atoms with E-state index < -0.39 is 0 Å². The first kappa shape index (κ1) is 13.6. The Bertz CT molecular complexity index is 621. The van der Waals surface area contributed by atoms with Gasteiger partial charge in [-0.1, -0.05) is 15.9 Å². The smallest absolute Gasteiger partial charge is 0.253 e. The summed E-state index contributed by atoms with van der Waals surface area (Å²) in [5, 5.41) is 6.97. The summed E-state index contributed by atoms with van der Waals surface area (Å²) in [4.78, 5) is 12.0. The highest BCUT2D eigenvalue weighted by Gasteiger charge is 2.11. The van der Waals surface area contributed by atoms with Gasteiger partial charge in [0.15, 0.2) is 0 Å². The summed E-state index contributed by atoms with van der Waals surface area (Å²) >= 11 is 3.31. The normalized spacial score (nSPS) is 10.5. The van der Waals surface area contributed by atoms with Crippen molar-refractivity contribution in [1.82, 2.24) is 15.1 Å². The molecule has 100 valence electrons. The van der Waals surface area contributed by atoms with Crippen LogP contribution in [-0.2, 0) is 13.6 Å². The Labute approximate surface area is 119 Å². The van der Waals surface area contributed by atoms with Gasteiger partial charge in [-0.15, -0.1) is 0 Å². The van der Waals surface area contributed by atoms with Gasteiger partial charge in [-0.3, -0.25) is 9.48 Å². The van der Waals surface area contributed by atoms with Gasteiger partial charge in [0.05, 0.1) is 11.8 Å². The molecule has 0 aliphatic carbocycles. The van der Waals surface area contributed by atoms with E-state index in [4.69, 9.17) is 5.73 Å². The Morgan fingerprint density at radius 1 is 1.53 bits per heavy atom. The zero-order valence-electron chi connectivity index (χ0n) is 10.8. The average molecular weight is 323 g/mol. The van der Waals surface area contributed by atoms with Crippen molar-refractivity contribution >= 4 is 27.5 Å². The molecular formula is C13H15BrN4O. The molecule has 0 radical (unpaired) electrons. The number of halogens is 1. The minimum absolute atomic E-state index is 0.187. The molecule has 1 aromatic carbocycles. The van der Waals surface area contributed by atoms with Gasteiger partial charge in [0.2, 0.25) is 0 Å². The molecule has 0 bridgehead atoms. The lowest BCUT2D eigenvalue weighted by molar-refractivity contribution is 0.0952. The summed E-state index contributed by atoms with van der Waals surface area (Å²) in [6.07, 6.45) is 1.75. The first-order valence-corrected chi connectivity index (χ1v) is 6.59. The molecular weight excluding hydrogens is 308 g/mol. The first-order chi connectivity index (χ1) is 8.99. The van der Waals surface area contributed by atoms with Crippen molar-refractivity contribution in [2.45, 2.75) is 13.5 Å². The van der Waals surface area contributed by atoms with Crippen LogP contribution in [0.3, 0.4) is 0 Å².